The number of carbonyl (C=O) groups is 2. The van der Waals surface area contributed by atoms with E-state index in [0.717, 1.165) is 0 Å². The Balaban J connectivity index is 1.64. The van der Waals surface area contributed by atoms with E-state index in [-0.39, 0.29) is 17.2 Å². The summed E-state index contributed by atoms with van der Waals surface area (Å²) >= 11 is 2.50. The van der Waals surface area contributed by atoms with E-state index in [9.17, 15) is 14.9 Å². The average molecular weight is 522 g/mol. The van der Waals surface area contributed by atoms with Crippen LogP contribution in [0.15, 0.2) is 74.3 Å². The van der Waals surface area contributed by atoms with Crippen molar-refractivity contribution in [2.24, 2.45) is 0 Å². The predicted molar refractivity (Wildman–Crippen MR) is 139 cm³/mol. The molecule has 11 heteroatoms. The molecule has 0 fully saturated rings. The highest BCUT2D eigenvalue weighted by atomic mass is 32.2. The van der Waals surface area contributed by atoms with Gasteiger partial charge in [0.25, 0.3) is 5.91 Å². The molecule has 184 valence electrons. The summed E-state index contributed by atoms with van der Waals surface area (Å²) in [5, 5.41) is 21.7. The number of hydrogen-bond acceptors (Lipinski definition) is 9. The van der Waals surface area contributed by atoms with E-state index in [4.69, 9.17) is 9.15 Å². The first-order chi connectivity index (χ1) is 17.4. The first-order valence-electron chi connectivity index (χ1n) is 10.9. The maximum Gasteiger partial charge on any atom is 0.254 e. The van der Waals surface area contributed by atoms with Gasteiger partial charge in [0, 0.05) is 17.3 Å². The summed E-state index contributed by atoms with van der Waals surface area (Å²) in [5.41, 5.74) is 1.67. The molecular formula is C25H23N5O4S2. The Labute approximate surface area is 216 Å². The predicted octanol–water partition coefficient (Wildman–Crippen LogP) is 4.76. The Morgan fingerprint density at radius 3 is 2.72 bits per heavy atom. The average Bonchev–Trinajstić information content (AvgIpc) is 3.54. The third kappa shape index (κ3) is 5.45. The fourth-order valence-electron chi connectivity index (χ4n) is 3.74. The molecule has 3 heterocycles. The molecule has 1 aliphatic heterocycles. The molecule has 1 aromatic carbocycles. The molecule has 2 aromatic heterocycles. The van der Waals surface area contributed by atoms with Crippen molar-refractivity contribution < 1.29 is 18.7 Å². The number of rotatable bonds is 8. The van der Waals surface area contributed by atoms with Gasteiger partial charge in [-0.1, -0.05) is 23.9 Å². The maximum absolute atomic E-state index is 13.5. The largest absolute Gasteiger partial charge is 0.495 e. The number of amides is 2. The number of aromatic nitrogens is 1. The molecule has 2 amide bonds. The lowest BCUT2D eigenvalue weighted by Gasteiger charge is -2.28. The monoisotopic (exact) mass is 521 g/mol. The molecule has 3 aromatic rings. The van der Waals surface area contributed by atoms with Gasteiger partial charge in [-0.05, 0) is 38.1 Å². The van der Waals surface area contributed by atoms with E-state index in [0.29, 0.717) is 44.4 Å². The number of hydrogen-bond donors (Lipinski definition) is 3. The normalized spacial score (nSPS) is 15.2. The number of furan rings is 1. The molecule has 1 unspecified atom stereocenters. The third-order valence-corrected chi connectivity index (χ3v) is 7.02. The van der Waals surface area contributed by atoms with E-state index >= 15 is 0 Å². The van der Waals surface area contributed by atoms with Crippen molar-refractivity contribution in [1.29, 1.82) is 5.26 Å². The second-order valence-corrected chi connectivity index (χ2v) is 9.61. The number of thiazole rings is 1. The van der Waals surface area contributed by atoms with E-state index in [1.165, 1.54) is 30.2 Å². The van der Waals surface area contributed by atoms with Crippen LogP contribution >= 0.6 is 23.1 Å². The fraction of sp³-hybridized carbons (Fsp3) is 0.200. The van der Waals surface area contributed by atoms with Gasteiger partial charge in [-0.2, -0.15) is 5.26 Å². The third-order valence-electron chi connectivity index (χ3n) is 5.32. The van der Waals surface area contributed by atoms with Crippen LogP contribution in [0.3, 0.4) is 0 Å². The Kier molecular flexibility index (Phi) is 7.77. The first-order valence-corrected chi connectivity index (χ1v) is 12.7. The molecule has 1 aliphatic rings. The van der Waals surface area contributed by atoms with E-state index in [1.807, 2.05) is 0 Å². The van der Waals surface area contributed by atoms with Crippen molar-refractivity contribution in [3.8, 4) is 11.8 Å². The molecule has 0 aliphatic carbocycles. The molecule has 0 spiro atoms. The zero-order valence-electron chi connectivity index (χ0n) is 19.7. The van der Waals surface area contributed by atoms with Gasteiger partial charge in [0.15, 0.2) is 5.13 Å². The van der Waals surface area contributed by atoms with E-state index in [1.54, 1.807) is 61.8 Å². The standard InChI is InChI=1S/C25H23N5O4S2/c1-14-8-9-19(34-14)22-16(12-26)24(36-13-20(31)30-25-27-10-11-35-25)28-15(2)21(22)23(32)29-17-6-4-5-7-18(17)33-3/h4-11,22,28H,13H2,1-3H3,(H,29,32)(H,27,30,31). The molecule has 36 heavy (non-hydrogen) atoms. The van der Waals surface area contributed by atoms with Gasteiger partial charge in [0.2, 0.25) is 5.91 Å². The Hall–Kier alpha value is -4.01. The van der Waals surface area contributed by atoms with Crippen LogP contribution in [0.1, 0.15) is 24.4 Å². The van der Waals surface area contributed by atoms with Gasteiger partial charge in [-0.25, -0.2) is 4.98 Å². The highest BCUT2D eigenvalue weighted by molar-refractivity contribution is 8.03. The van der Waals surface area contributed by atoms with Crippen LogP contribution in [0, 0.1) is 18.3 Å². The van der Waals surface area contributed by atoms with Crippen LogP contribution in [0.4, 0.5) is 10.8 Å². The number of anilines is 2. The zero-order valence-corrected chi connectivity index (χ0v) is 21.4. The van der Waals surface area contributed by atoms with Gasteiger partial charge in [-0.3, -0.25) is 9.59 Å². The lowest BCUT2D eigenvalue weighted by molar-refractivity contribution is -0.114. The van der Waals surface area contributed by atoms with Crippen molar-refractivity contribution in [2.45, 2.75) is 19.8 Å². The lowest BCUT2D eigenvalue weighted by Crippen LogP contribution is -2.31. The Bertz CT molecular complexity index is 1390. The number of carbonyl (C=O) groups excluding carboxylic acids is 2. The second-order valence-electron chi connectivity index (χ2n) is 7.73. The van der Waals surface area contributed by atoms with Crippen molar-refractivity contribution >= 4 is 45.7 Å². The molecule has 4 rings (SSSR count). The molecular weight excluding hydrogens is 498 g/mol. The number of nitrogens with zero attached hydrogens (tertiary/aromatic N) is 2. The van der Waals surface area contributed by atoms with E-state index < -0.39 is 11.8 Å². The minimum Gasteiger partial charge on any atom is -0.495 e. The van der Waals surface area contributed by atoms with Crippen molar-refractivity contribution in [3.63, 3.8) is 0 Å². The summed E-state index contributed by atoms with van der Waals surface area (Å²) < 4.78 is 11.2. The van der Waals surface area contributed by atoms with Gasteiger partial charge in [0.1, 0.15) is 17.3 Å². The zero-order chi connectivity index (χ0) is 25.7. The van der Waals surface area contributed by atoms with Crippen molar-refractivity contribution in [1.82, 2.24) is 10.3 Å². The number of methoxy groups -OCH3 is 1. The van der Waals surface area contributed by atoms with Crippen molar-refractivity contribution in [2.75, 3.05) is 23.5 Å². The molecule has 0 bridgehead atoms. The number of benzene rings is 1. The molecule has 0 radical (unpaired) electrons. The first kappa shape index (κ1) is 25.1. The summed E-state index contributed by atoms with van der Waals surface area (Å²) in [4.78, 5) is 30.0. The van der Waals surface area contributed by atoms with Crippen LogP contribution in [0.5, 0.6) is 5.75 Å². The summed E-state index contributed by atoms with van der Waals surface area (Å²) in [6.45, 7) is 3.55. The highest BCUT2D eigenvalue weighted by Gasteiger charge is 2.37. The topological polar surface area (TPSA) is 129 Å². The van der Waals surface area contributed by atoms with Gasteiger partial charge in [0.05, 0.1) is 46.7 Å². The Morgan fingerprint density at radius 2 is 2.06 bits per heavy atom. The van der Waals surface area contributed by atoms with Crippen LogP contribution < -0.4 is 20.7 Å². The van der Waals surface area contributed by atoms with Crippen LogP contribution in [-0.2, 0) is 9.59 Å². The molecule has 9 nitrogen and oxygen atoms in total. The van der Waals surface area contributed by atoms with Gasteiger partial charge in [-0.15, -0.1) is 11.3 Å². The molecule has 0 saturated carbocycles. The molecule has 3 N–H and O–H groups in total. The van der Waals surface area contributed by atoms with E-state index in [2.05, 4.69) is 27.0 Å². The highest BCUT2D eigenvalue weighted by Crippen LogP contribution is 2.41. The van der Waals surface area contributed by atoms with Crippen LogP contribution in [-0.4, -0.2) is 29.7 Å². The van der Waals surface area contributed by atoms with Crippen LogP contribution in [0.25, 0.3) is 0 Å². The number of ether oxygens (including phenoxy) is 1. The molecule has 0 saturated heterocycles. The minimum absolute atomic E-state index is 0.0486. The fourth-order valence-corrected chi connectivity index (χ4v) is 5.17. The summed E-state index contributed by atoms with van der Waals surface area (Å²) in [7, 11) is 1.52. The number of aryl methyl sites for hydroxylation is 1. The number of allylic oxidation sites excluding steroid dienone is 2. The second kappa shape index (κ2) is 11.2. The number of thioether (sulfide) groups is 1. The quantitative estimate of drug-likeness (QED) is 0.387. The summed E-state index contributed by atoms with van der Waals surface area (Å²) in [6.07, 6.45) is 1.61. The van der Waals surface area contributed by atoms with Gasteiger partial charge < -0.3 is 25.1 Å². The number of nitrogens with one attached hydrogen (secondary N) is 3. The Morgan fingerprint density at radius 1 is 1.25 bits per heavy atom. The number of nitriles is 1. The lowest BCUT2D eigenvalue weighted by atomic mass is 9.85. The maximum atomic E-state index is 13.5. The summed E-state index contributed by atoms with van der Waals surface area (Å²) in [6, 6.07) is 12.8. The SMILES string of the molecule is COc1ccccc1NC(=O)C1=C(C)NC(SCC(=O)Nc2nccs2)=C(C#N)C1c1ccc(C)o1. The number of dihydropyridines is 1. The smallest absolute Gasteiger partial charge is 0.254 e. The number of para-hydroxylation sites is 2. The molecule has 1 atom stereocenters. The summed E-state index contributed by atoms with van der Waals surface area (Å²) in [5.74, 6) is 0.254. The minimum atomic E-state index is -0.760. The van der Waals surface area contributed by atoms with Crippen molar-refractivity contribution in [3.05, 3.63) is 81.4 Å². The van der Waals surface area contributed by atoms with Crippen LogP contribution in [0.2, 0.25) is 0 Å². The van der Waals surface area contributed by atoms with Gasteiger partial charge >= 0.3 is 0 Å².